The molecular weight excluding hydrogens is 340 g/mol. The predicted molar refractivity (Wildman–Crippen MR) is 99.4 cm³/mol. The summed E-state index contributed by atoms with van der Waals surface area (Å²) in [5.74, 6) is -0.0664. The van der Waals surface area contributed by atoms with Crippen LogP contribution >= 0.6 is 11.6 Å². The average molecular weight is 369 g/mol. The van der Waals surface area contributed by atoms with Crippen molar-refractivity contribution >= 4 is 23.5 Å². The zero-order chi connectivity index (χ0) is 18.3. The molecule has 0 aliphatic rings. The van der Waals surface area contributed by atoms with Crippen molar-refractivity contribution in [3.8, 4) is 0 Å². The molecule has 0 saturated heterocycles. The number of esters is 2. The number of carbonyl (C=O) groups excluding carboxylic acids is 2. The normalized spacial score (nSPS) is 10.5. The third-order valence-electron chi connectivity index (χ3n) is 3.85. The van der Waals surface area contributed by atoms with Gasteiger partial charge in [0.2, 0.25) is 0 Å². The van der Waals surface area contributed by atoms with Crippen LogP contribution in [0.1, 0.15) is 69.4 Å². The van der Waals surface area contributed by atoms with Crippen LogP contribution in [0.3, 0.4) is 0 Å². The minimum atomic E-state index is -0.297. The summed E-state index contributed by atoms with van der Waals surface area (Å²) in [4.78, 5) is 23.3. The van der Waals surface area contributed by atoms with E-state index in [1.54, 1.807) is 0 Å². The molecule has 0 radical (unpaired) electrons. The van der Waals surface area contributed by atoms with Crippen molar-refractivity contribution in [3.63, 3.8) is 0 Å². The van der Waals surface area contributed by atoms with Crippen LogP contribution in [0.4, 0.5) is 0 Å². The Bertz CT molecular complexity index is 499. The number of unbranched alkanes of at least 4 members (excludes halogenated alkanes) is 4. The van der Waals surface area contributed by atoms with Crippen molar-refractivity contribution in [2.24, 2.45) is 0 Å². The minimum absolute atomic E-state index is 0.228. The van der Waals surface area contributed by atoms with Crippen LogP contribution in [0.25, 0.3) is 0 Å². The molecule has 0 N–H and O–H groups in total. The lowest BCUT2D eigenvalue weighted by atomic mass is 10.2. The van der Waals surface area contributed by atoms with Gasteiger partial charge in [0, 0.05) is 18.7 Å². The molecule has 0 aliphatic carbocycles. The second kappa shape index (κ2) is 13.7. The molecule has 0 amide bonds. The van der Waals surface area contributed by atoms with E-state index >= 15 is 0 Å². The van der Waals surface area contributed by atoms with E-state index in [1.807, 2.05) is 24.3 Å². The number of halogens is 1. The van der Waals surface area contributed by atoms with Gasteiger partial charge in [-0.05, 0) is 24.0 Å². The lowest BCUT2D eigenvalue weighted by molar-refractivity contribution is -0.146. The van der Waals surface area contributed by atoms with Crippen molar-refractivity contribution in [1.29, 1.82) is 0 Å². The molecule has 1 aromatic rings. The molecule has 140 valence electrons. The van der Waals surface area contributed by atoms with E-state index < -0.39 is 0 Å². The SMILES string of the molecule is CCCCCCCOC(=O)CCCC(=O)OCc1ccc(CCl)cc1. The zero-order valence-electron chi connectivity index (χ0n) is 15.1. The molecule has 0 spiro atoms. The molecule has 0 fully saturated rings. The quantitative estimate of drug-likeness (QED) is 0.274. The van der Waals surface area contributed by atoms with Gasteiger partial charge in [-0.1, -0.05) is 56.9 Å². The fraction of sp³-hybridized carbons (Fsp3) is 0.600. The maximum absolute atomic E-state index is 11.7. The van der Waals surface area contributed by atoms with Crippen LogP contribution in [0.2, 0.25) is 0 Å². The summed E-state index contributed by atoms with van der Waals surface area (Å²) in [6, 6.07) is 7.61. The largest absolute Gasteiger partial charge is 0.466 e. The highest BCUT2D eigenvalue weighted by atomic mass is 35.5. The highest BCUT2D eigenvalue weighted by Gasteiger charge is 2.07. The Morgan fingerprint density at radius 3 is 2.08 bits per heavy atom. The van der Waals surface area contributed by atoms with Crippen molar-refractivity contribution in [3.05, 3.63) is 35.4 Å². The Morgan fingerprint density at radius 1 is 0.840 bits per heavy atom. The highest BCUT2D eigenvalue weighted by Crippen LogP contribution is 2.09. The standard InChI is InChI=1S/C20H29ClO4/c1-2-3-4-5-6-14-24-19(22)8-7-9-20(23)25-16-18-12-10-17(15-21)11-13-18/h10-13H,2-9,14-16H2,1H3. The zero-order valence-corrected chi connectivity index (χ0v) is 15.9. The van der Waals surface area contributed by atoms with Crippen molar-refractivity contribution in [2.45, 2.75) is 70.8 Å². The molecule has 0 saturated carbocycles. The van der Waals surface area contributed by atoms with Gasteiger partial charge in [-0.25, -0.2) is 0 Å². The van der Waals surface area contributed by atoms with Crippen LogP contribution in [0.15, 0.2) is 24.3 Å². The molecule has 4 nitrogen and oxygen atoms in total. The van der Waals surface area contributed by atoms with E-state index in [1.165, 1.54) is 19.3 Å². The molecule has 25 heavy (non-hydrogen) atoms. The molecule has 0 aliphatic heterocycles. The average Bonchev–Trinajstić information content (AvgIpc) is 2.63. The lowest BCUT2D eigenvalue weighted by Crippen LogP contribution is -2.09. The summed E-state index contributed by atoms with van der Waals surface area (Å²) < 4.78 is 10.3. The van der Waals surface area contributed by atoms with Gasteiger partial charge in [-0.3, -0.25) is 9.59 Å². The smallest absolute Gasteiger partial charge is 0.306 e. The number of alkyl halides is 1. The molecular formula is C20H29ClO4. The van der Waals surface area contributed by atoms with Gasteiger partial charge in [0.25, 0.3) is 0 Å². The Balaban J connectivity index is 2.04. The van der Waals surface area contributed by atoms with Crippen molar-refractivity contribution in [1.82, 2.24) is 0 Å². The minimum Gasteiger partial charge on any atom is -0.466 e. The Hall–Kier alpha value is -1.55. The molecule has 5 heteroatoms. The van der Waals surface area contributed by atoms with Gasteiger partial charge in [0.1, 0.15) is 6.61 Å². The number of ether oxygens (including phenoxy) is 2. The van der Waals surface area contributed by atoms with Gasteiger partial charge >= 0.3 is 11.9 Å². The van der Waals surface area contributed by atoms with E-state index in [2.05, 4.69) is 6.92 Å². The van der Waals surface area contributed by atoms with Gasteiger partial charge in [0.15, 0.2) is 0 Å². The van der Waals surface area contributed by atoms with Crippen molar-refractivity contribution < 1.29 is 19.1 Å². The first-order valence-corrected chi connectivity index (χ1v) is 9.64. The second-order valence-corrected chi connectivity index (χ2v) is 6.37. The molecule has 1 rings (SSSR count). The summed E-state index contributed by atoms with van der Waals surface area (Å²) in [5, 5.41) is 0. The van der Waals surface area contributed by atoms with Gasteiger partial charge in [-0.15, -0.1) is 11.6 Å². The molecule has 1 aromatic carbocycles. The number of rotatable bonds is 13. The van der Waals surface area contributed by atoms with Crippen LogP contribution in [0.5, 0.6) is 0 Å². The van der Waals surface area contributed by atoms with E-state index in [-0.39, 0.29) is 31.4 Å². The monoisotopic (exact) mass is 368 g/mol. The first-order valence-electron chi connectivity index (χ1n) is 9.10. The van der Waals surface area contributed by atoms with Crippen LogP contribution in [-0.4, -0.2) is 18.5 Å². The fourth-order valence-electron chi connectivity index (χ4n) is 2.30. The summed E-state index contributed by atoms with van der Waals surface area (Å²) in [7, 11) is 0. The van der Waals surface area contributed by atoms with Crippen LogP contribution in [-0.2, 0) is 31.5 Å². The summed E-state index contributed by atoms with van der Waals surface area (Å²) >= 11 is 5.73. The van der Waals surface area contributed by atoms with Crippen LogP contribution in [0, 0.1) is 0 Å². The maximum atomic E-state index is 11.7. The molecule has 0 heterocycles. The fourth-order valence-corrected chi connectivity index (χ4v) is 2.48. The summed E-state index contributed by atoms with van der Waals surface area (Å²) in [6.45, 7) is 2.89. The van der Waals surface area contributed by atoms with Crippen molar-refractivity contribution in [2.75, 3.05) is 6.61 Å². The number of hydrogen-bond donors (Lipinski definition) is 0. The molecule has 0 atom stereocenters. The molecule has 0 unspecified atom stereocenters. The van der Waals surface area contributed by atoms with E-state index in [0.29, 0.717) is 18.9 Å². The predicted octanol–water partition coefficient (Wildman–Crippen LogP) is 5.15. The summed E-state index contributed by atoms with van der Waals surface area (Å²) in [6.07, 6.45) is 6.57. The first-order chi connectivity index (χ1) is 12.2. The number of carbonyl (C=O) groups is 2. The van der Waals surface area contributed by atoms with Gasteiger partial charge in [-0.2, -0.15) is 0 Å². The Labute approximate surface area is 155 Å². The van der Waals surface area contributed by atoms with Gasteiger partial charge < -0.3 is 9.47 Å². The van der Waals surface area contributed by atoms with E-state index in [4.69, 9.17) is 21.1 Å². The Kier molecular flexibility index (Phi) is 11.8. The van der Waals surface area contributed by atoms with Gasteiger partial charge in [0.05, 0.1) is 6.61 Å². The third kappa shape index (κ3) is 10.8. The van der Waals surface area contributed by atoms with E-state index in [0.717, 1.165) is 24.0 Å². The molecule has 0 aromatic heterocycles. The third-order valence-corrected chi connectivity index (χ3v) is 4.16. The topological polar surface area (TPSA) is 52.6 Å². The Morgan fingerprint density at radius 2 is 1.44 bits per heavy atom. The second-order valence-electron chi connectivity index (χ2n) is 6.10. The highest BCUT2D eigenvalue weighted by molar-refractivity contribution is 6.17. The van der Waals surface area contributed by atoms with E-state index in [9.17, 15) is 9.59 Å². The molecule has 0 bridgehead atoms. The number of hydrogen-bond acceptors (Lipinski definition) is 4. The number of benzene rings is 1. The maximum Gasteiger partial charge on any atom is 0.306 e. The first kappa shape index (κ1) is 21.5. The lowest BCUT2D eigenvalue weighted by Gasteiger charge is -2.06. The summed E-state index contributed by atoms with van der Waals surface area (Å²) in [5.41, 5.74) is 1.95. The van der Waals surface area contributed by atoms with Crippen LogP contribution < -0.4 is 0 Å².